The lowest BCUT2D eigenvalue weighted by atomic mass is 10.2. The second-order valence-corrected chi connectivity index (χ2v) is 8.11. The monoisotopic (exact) mass is 444 g/mol. The number of nitrogens with one attached hydrogen (secondary N) is 1. The topological polar surface area (TPSA) is 134 Å². The fraction of sp³-hybridized carbons (Fsp3) is 0.368. The molecule has 0 amide bonds. The molecule has 0 spiro atoms. The molecule has 0 saturated heterocycles. The Hall–Kier alpha value is -3.54. The van der Waals surface area contributed by atoms with Crippen molar-refractivity contribution in [2.24, 2.45) is 14.1 Å². The maximum absolute atomic E-state index is 12.8. The zero-order valence-electron chi connectivity index (χ0n) is 17.5. The molecule has 4 aromatic rings. The van der Waals surface area contributed by atoms with Crippen LogP contribution in [0.25, 0.3) is 21.4 Å². The van der Waals surface area contributed by atoms with Crippen molar-refractivity contribution >= 4 is 38.7 Å². The average Bonchev–Trinajstić information content (AvgIpc) is 3.32. The van der Waals surface area contributed by atoms with E-state index in [0.717, 1.165) is 15.9 Å². The molecular weight excluding hydrogens is 424 g/mol. The Morgan fingerprint density at radius 3 is 2.65 bits per heavy atom. The molecule has 0 aliphatic heterocycles. The summed E-state index contributed by atoms with van der Waals surface area (Å²) in [6, 6.07) is -0.569. The number of hydrogen-bond donors (Lipinski definition) is 1. The number of esters is 1. The van der Waals surface area contributed by atoms with Crippen molar-refractivity contribution in [1.82, 2.24) is 28.7 Å². The summed E-state index contributed by atoms with van der Waals surface area (Å²) in [4.78, 5) is 62.1. The summed E-state index contributed by atoms with van der Waals surface area (Å²) in [7, 11) is 2.92. The summed E-state index contributed by atoms with van der Waals surface area (Å²) in [5.74, 6) is -0.202. The minimum Gasteiger partial charge on any atom is -0.462 e. The second kappa shape index (κ2) is 7.30. The van der Waals surface area contributed by atoms with E-state index in [9.17, 15) is 19.2 Å². The normalized spacial score (nSPS) is 12.5. The van der Waals surface area contributed by atoms with Crippen LogP contribution >= 0.6 is 11.3 Å². The van der Waals surface area contributed by atoms with Crippen LogP contribution in [0.15, 0.2) is 20.7 Å². The lowest BCUT2D eigenvalue weighted by Gasteiger charge is -2.14. The van der Waals surface area contributed by atoms with Crippen molar-refractivity contribution in [2.45, 2.75) is 26.8 Å². The summed E-state index contributed by atoms with van der Waals surface area (Å²) >= 11 is 1.09. The summed E-state index contributed by atoms with van der Waals surface area (Å²) in [5.41, 5.74) is -0.398. The molecule has 0 fully saturated rings. The molecule has 4 aromatic heterocycles. The number of fused-ring (bicyclic) bond motifs is 2. The molecule has 12 heteroatoms. The Morgan fingerprint density at radius 2 is 1.97 bits per heavy atom. The fourth-order valence-electron chi connectivity index (χ4n) is 3.54. The molecule has 1 atom stereocenters. The minimum atomic E-state index is -0.569. The van der Waals surface area contributed by atoms with Gasteiger partial charge in [0.1, 0.15) is 15.5 Å². The van der Waals surface area contributed by atoms with E-state index in [-0.39, 0.29) is 23.3 Å². The number of nitrogens with zero attached hydrogens (tertiary/aromatic N) is 5. The lowest BCUT2D eigenvalue weighted by Crippen LogP contribution is -2.37. The molecule has 0 aromatic carbocycles. The number of aromatic amines is 1. The van der Waals surface area contributed by atoms with Crippen LogP contribution in [0.1, 0.15) is 40.9 Å². The molecule has 0 saturated carbocycles. The van der Waals surface area contributed by atoms with E-state index < -0.39 is 23.3 Å². The molecule has 4 heterocycles. The molecule has 0 radical (unpaired) electrons. The quantitative estimate of drug-likeness (QED) is 0.461. The van der Waals surface area contributed by atoms with Crippen molar-refractivity contribution in [3.63, 3.8) is 0 Å². The van der Waals surface area contributed by atoms with E-state index in [4.69, 9.17) is 4.74 Å². The standard InChI is InChI=1S/C19H20N6O5S/c1-6-30-18(28)12-8(2)10-15(26)21-13(22-16(10)31-12)9(3)25-7-20-14-11(25)17(27)24(5)19(29)23(14)4/h7,9H,6H2,1-5H3,(H,21,22,26). The first kappa shape index (κ1) is 20.7. The maximum Gasteiger partial charge on any atom is 0.348 e. The van der Waals surface area contributed by atoms with Crippen molar-refractivity contribution in [3.8, 4) is 0 Å². The average molecular weight is 444 g/mol. The summed E-state index contributed by atoms with van der Waals surface area (Å²) in [6.07, 6.45) is 1.43. The van der Waals surface area contributed by atoms with Crippen molar-refractivity contribution in [1.29, 1.82) is 0 Å². The number of H-pyrrole nitrogens is 1. The van der Waals surface area contributed by atoms with Gasteiger partial charge in [-0.1, -0.05) is 0 Å². The van der Waals surface area contributed by atoms with Crippen LogP contribution in [0.4, 0.5) is 0 Å². The van der Waals surface area contributed by atoms with E-state index in [0.29, 0.717) is 26.5 Å². The van der Waals surface area contributed by atoms with Crippen molar-refractivity contribution in [2.75, 3.05) is 6.61 Å². The van der Waals surface area contributed by atoms with E-state index in [1.165, 1.54) is 25.0 Å². The highest BCUT2D eigenvalue weighted by atomic mass is 32.1. The largest absolute Gasteiger partial charge is 0.462 e. The Kier molecular flexibility index (Phi) is 4.88. The van der Waals surface area contributed by atoms with Gasteiger partial charge in [0, 0.05) is 14.1 Å². The highest BCUT2D eigenvalue weighted by Crippen LogP contribution is 2.29. The van der Waals surface area contributed by atoms with Gasteiger partial charge in [-0.25, -0.2) is 19.6 Å². The van der Waals surface area contributed by atoms with Crippen LogP contribution in [-0.4, -0.2) is 41.2 Å². The second-order valence-electron chi connectivity index (χ2n) is 7.11. The van der Waals surface area contributed by atoms with Gasteiger partial charge in [-0.05, 0) is 26.3 Å². The van der Waals surface area contributed by atoms with Gasteiger partial charge < -0.3 is 14.3 Å². The number of hydrogen-bond acceptors (Lipinski definition) is 8. The first-order chi connectivity index (χ1) is 14.7. The first-order valence-corrected chi connectivity index (χ1v) is 10.3. The number of rotatable bonds is 4. The summed E-state index contributed by atoms with van der Waals surface area (Å²) < 4.78 is 8.91. The minimum absolute atomic E-state index is 0.217. The molecule has 31 heavy (non-hydrogen) atoms. The molecule has 11 nitrogen and oxygen atoms in total. The molecule has 162 valence electrons. The molecule has 4 rings (SSSR count). The fourth-order valence-corrected chi connectivity index (χ4v) is 4.62. The maximum atomic E-state index is 12.8. The third kappa shape index (κ3) is 3.02. The van der Waals surface area contributed by atoms with Gasteiger partial charge in [0.25, 0.3) is 11.1 Å². The molecule has 1 N–H and O–H groups in total. The van der Waals surface area contributed by atoms with Crippen LogP contribution in [0, 0.1) is 6.92 Å². The van der Waals surface area contributed by atoms with Crippen LogP contribution in [0.2, 0.25) is 0 Å². The highest BCUT2D eigenvalue weighted by molar-refractivity contribution is 7.20. The third-order valence-electron chi connectivity index (χ3n) is 5.27. The zero-order valence-corrected chi connectivity index (χ0v) is 18.4. The Bertz CT molecular complexity index is 1540. The number of thiophene rings is 1. The van der Waals surface area contributed by atoms with E-state index >= 15 is 0 Å². The first-order valence-electron chi connectivity index (χ1n) is 9.50. The Labute approximate surface area is 178 Å². The molecule has 0 aliphatic rings. The molecule has 0 bridgehead atoms. The Morgan fingerprint density at radius 1 is 1.26 bits per heavy atom. The third-order valence-corrected chi connectivity index (χ3v) is 6.43. The van der Waals surface area contributed by atoms with Crippen LogP contribution < -0.4 is 16.8 Å². The smallest absolute Gasteiger partial charge is 0.348 e. The molecular formula is C19H20N6O5S. The van der Waals surface area contributed by atoms with E-state index in [1.54, 1.807) is 25.3 Å². The lowest BCUT2D eigenvalue weighted by molar-refractivity contribution is 0.0531. The van der Waals surface area contributed by atoms with Gasteiger partial charge in [-0.2, -0.15) is 0 Å². The number of ether oxygens (including phenoxy) is 1. The predicted molar refractivity (Wildman–Crippen MR) is 115 cm³/mol. The van der Waals surface area contributed by atoms with E-state index in [1.807, 2.05) is 0 Å². The summed E-state index contributed by atoms with van der Waals surface area (Å²) in [6.45, 7) is 5.37. The van der Waals surface area contributed by atoms with Gasteiger partial charge in [0.05, 0.1) is 24.4 Å². The molecule has 0 aliphatic carbocycles. The SMILES string of the molecule is CCOC(=O)c1sc2nc(C(C)n3cnc4c3c(=O)n(C)c(=O)n4C)[nH]c(=O)c2c1C. The predicted octanol–water partition coefficient (Wildman–Crippen LogP) is 0.826. The van der Waals surface area contributed by atoms with E-state index in [2.05, 4.69) is 15.0 Å². The van der Waals surface area contributed by atoms with Gasteiger partial charge in [-0.3, -0.25) is 18.7 Å². The number of carbonyl (C=O) groups is 1. The Balaban J connectivity index is 1.90. The zero-order chi connectivity index (χ0) is 22.6. The number of aryl methyl sites for hydroxylation is 2. The van der Waals surface area contributed by atoms with Gasteiger partial charge >= 0.3 is 11.7 Å². The van der Waals surface area contributed by atoms with Crippen LogP contribution in [0.5, 0.6) is 0 Å². The number of carbonyl (C=O) groups excluding carboxylic acids is 1. The number of aromatic nitrogens is 6. The van der Waals surface area contributed by atoms with Gasteiger partial charge in [0.2, 0.25) is 0 Å². The van der Waals surface area contributed by atoms with Crippen molar-refractivity contribution < 1.29 is 9.53 Å². The number of imidazole rings is 1. The van der Waals surface area contributed by atoms with Gasteiger partial charge in [-0.15, -0.1) is 11.3 Å². The highest BCUT2D eigenvalue weighted by Gasteiger charge is 2.23. The van der Waals surface area contributed by atoms with Gasteiger partial charge in [0.15, 0.2) is 11.2 Å². The van der Waals surface area contributed by atoms with Crippen LogP contribution in [-0.2, 0) is 18.8 Å². The molecule has 1 unspecified atom stereocenters. The van der Waals surface area contributed by atoms with Crippen LogP contribution in [0.3, 0.4) is 0 Å². The van der Waals surface area contributed by atoms with Crippen molar-refractivity contribution in [3.05, 3.63) is 53.8 Å². The summed E-state index contributed by atoms with van der Waals surface area (Å²) in [5, 5.41) is 0.331.